The molecule has 1 amide bonds. The van der Waals surface area contributed by atoms with Gasteiger partial charge in [0.1, 0.15) is 23.9 Å². The molecule has 1 aliphatic heterocycles. The van der Waals surface area contributed by atoms with Gasteiger partial charge in [-0.1, -0.05) is 102 Å². The quantitative estimate of drug-likeness (QED) is 0.0471. The second-order valence-corrected chi connectivity index (χ2v) is 13.9. The van der Waals surface area contributed by atoms with Crippen LogP contribution in [-0.4, -0.2) is 33.6 Å². The van der Waals surface area contributed by atoms with Gasteiger partial charge in [0.15, 0.2) is 4.34 Å². The molecule has 6 aromatic rings. The van der Waals surface area contributed by atoms with E-state index in [1.807, 2.05) is 56.3 Å². The number of Topliss-reactive ketones (excluding diaryl/α,β-unsaturated/α-hetero) is 1. The molecule has 0 bridgehead atoms. The number of benzene rings is 5. The summed E-state index contributed by atoms with van der Waals surface area (Å²) in [4.78, 5) is 28.8. The maximum atomic E-state index is 13.8. The fraction of sp³-hybridized carbons (Fsp3) is 0.150. The van der Waals surface area contributed by atoms with Crippen LogP contribution in [0.4, 0.5) is 5.13 Å². The summed E-state index contributed by atoms with van der Waals surface area (Å²) in [6, 6.07) is 35.5. The van der Waals surface area contributed by atoms with Crippen LogP contribution in [-0.2, 0) is 21.9 Å². The fourth-order valence-corrected chi connectivity index (χ4v) is 7.84. The minimum atomic E-state index is -0.938. The van der Waals surface area contributed by atoms with Crippen molar-refractivity contribution in [2.24, 2.45) is 0 Å². The van der Waals surface area contributed by atoms with Crippen molar-refractivity contribution in [3.8, 4) is 11.5 Å². The highest BCUT2D eigenvalue weighted by molar-refractivity contribution is 8.00. The number of fused-ring (bicyclic) bond motifs is 1. The van der Waals surface area contributed by atoms with Crippen LogP contribution in [0.15, 0.2) is 125 Å². The van der Waals surface area contributed by atoms with E-state index in [0.717, 1.165) is 22.1 Å². The smallest absolute Gasteiger partial charge is 0.301 e. The lowest BCUT2D eigenvalue weighted by molar-refractivity contribution is -0.132. The number of nitrogens with zero attached hydrogens (tertiary/aromatic N) is 3. The van der Waals surface area contributed by atoms with Gasteiger partial charge in [-0.15, -0.1) is 10.2 Å². The molecule has 1 aliphatic rings. The van der Waals surface area contributed by atoms with Gasteiger partial charge in [0.25, 0.3) is 5.78 Å². The maximum absolute atomic E-state index is 13.8. The molecule has 0 radical (unpaired) electrons. The van der Waals surface area contributed by atoms with Gasteiger partial charge in [-0.25, -0.2) is 0 Å². The lowest BCUT2D eigenvalue weighted by Crippen LogP contribution is -2.29. The molecule has 0 saturated carbocycles. The Morgan fingerprint density at radius 1 is 0.820 bits per heavy atom. The number of aryl methyl sites for hydroxylation is 1. The molecule has 1 saturated heterocycles. The van der Waals surface area contributed by atoms with Crippen LogP contribution < -0.4 is 14.4 Å². The second kappa shape index (κ2) is 14.6. The Labute approximate surface area is 298 Å². The number of hydrogen-bond acceptors (Lipinski definition) is 9. The number of aliphatic hydroxyl groups excluding tert-OH is 1. The van der Waals surface area contributed by atoms with Crippen LogP contribution in [0.3, 0.4) is 0 Å². The van der Waals surface area contributed by atoms with Gasteiger partial charge in [-0.05, 0) is 83.3 Å². The number of ketones is 1. The first-order valence-corrected chi connectivity index (χ1v) is 18.0. The topological polar surface area (TPSA) is 102 Å². The minimum absolute atomic E-state index is 0.0344. The van der Waals surface area contributed by atoms with Gasteiger partial charge in [0, 0.05) is 11.3 Å². The molecule has 50 heavy (non-hydrogen) atoms. The third kappa shape index (κ3) is 6.72. The van der Waals surface area contributed by atoms with Crippen LogP contribution >= 0.6 is 23.1 Å². The average Bonchev–Trinajstić information content (AvgIpc) is 3.72. The number of rotatable bonds is 11. The van der Waals surface area contributed by atoms with Crippen molar-refractivity contribution in [2.45, 2.75) is 36.6 Å². The fourth-order valence-electron chi connectivity index (χ4n) is 5.97. The van der Waals surface area contributed by atoms with E-state index in [1.165, 1.54) is 33.4 Å². The zero-order valence-electron chi connectivity index (χ0n) is 27.4. The molecular weight excluding hydrogens is 667 g/mol. The SMILES string of the molecule is CCOc1ccc(C2/C(=C(\O)c3ccc(OCc4ccccc4C)cc3)C(=O)C(=O)N2c2nnc(SCc3cccc4ccccc34)s2)cc1. The van der Waals surface area contributed by atoms with Crippen LogP contribution in [0.2, 0.25) is 0 Å². The van der Waals surface area contributed by atoms with Crippen molar-refractivity contribution in [3.05, 3.63) is 149 Å². The van der Waals surface area contributed by atoms with Crippen LogP contribution in [0.5, 0.6) is 11.5 Å². The molecule has 250 valence electrons. The van der Waals surface area contributed by atoms with E-state index in [-0.39, 0.29) is 16.5 Å². The highest BCUT2D eigenvalue weighted by Gasteiger charge is 2.48. The van der Waals surface area contributed by atoms with E-state index in [2.05, 4.69) is 34.5 Å². The Bertz CT molecular complexity index is 2210. The standard InChI is InChI=1S/C40H33N3O5S2/c1-3-47-31-19-15-27(16-20-31)35-34(36(44)28-17-21-32(22-18-28)48-23-29-11-5-4-9-25(29)2)37(45)38(46)43(35)39-41-42-40(50-39)49-24-30-13-8-12-26-10-6-7-14-33(26)30/h4-22,35,44H,3,23-24H2,1-2H3/b36-34+. The largest absolute Gasteiger partial charge is 0.507 e. The number of amides is 1. The lowest BCUT2D eigenvalue weighted by Gasteiger charge is -2.22. The number of aliphatic hydroxyl groups is 1. The number of aromatic nitrogens is 2. The molecule has 7 rings (SSSR count). The molecule has 8 nitrogen and oxygen atoms in total. The minimum Gasteiger partial charge on any atom is -0.507 e. The Balaban J connectivity index is 1.19. The molecule has 1 unspecified atom stereocenters. The van der Waals surface area contributed by atoms with E-state index in [0.29, 0.717) is 45.9 Å². The zero-order chi connectivity index (χ0) is 34.6. The second-order valence-electron chi connectivity index (χ2n) is 11.7. The molecule has 10 heteroatoms. The predicted molar refractivity (Wildman–Crippen MR) is 198 cm³/mol. The van der Waals surface area contributed by atoms with Crippen LogP contribution in [0.1, 0.15) is 40.8 Å². The molecule has 1 atom stereocenters. The molecule has 1 fully saturated rings. The Morgan fingerprint density at radius 2 is 1.50 bits per heavy atom. The Morgan fingerprint density at radius 3 is 2.28 bits per heavy atom. The molecule has 5 aromatic carbocycles. The third-order valence-corrected chi connectivity index (χ3v) is 10.7. The Hall–Kier alpha value is -5.45. The summed E-state index contributed by atoms with van der Waals surface area (Å²) in [5.41, 5.74) is 4.32. The highest BCUT2D eigenvalue weighted by atomic mass is 32.2. The summed E-state index contributed by atoms with van der Waals surface area (Å²) in [7, 11) is 0. The number of thioether (sulfide) groups is 1. The molecular formula is C40H33N3O5S2. The number of ether oxygens (including phenoxy) is 2. The van der Waals surface area contributed by atoms with Crippen molar-refractivity contribution in [2.75, 3.05) is 11.5 Å². The van der Waals surface area contributed by atoms with Crippen molar-refractivity contribution in [1.29, 1.82) is 0 Å². The van der Waals surface area contributed by atoms with Crippen LogP contribution in [0, 0.1) is 6.92 Å². The molecule has 0 aliphatic carbocycles. The average molecular weight is 700 g/mol. The number of hydrogen-bond donors (Lipinski definition) is 1. The van der Waals surface area contributed by atoms with Crippen molar-refractivity contribution in [1.82, 2.24) is 10.2 Å². The first-order chi connectivity index (χ1) is 24.4. The highest BCUT2D eigenvalue weighted by Crippen LogP contribution is 2.44. The number of anilines is 1. The van der Waals surface area contributed by atoms with Crippen molar-refractivity contribution in [3.63, 3.8) is 0 Å². The molecule has 2 heterocycles. The summed E-state index contributed by atoms with van der Waals surface area (Å²) in [6.45, 7) is 4.81. The van der Waals surface area contributed by atoms with Gasteiger partial charge < -0.3 is 14.6 Å². The van der Waals surface area contributed by atoms with E-state index < -0.39 is 17.7 Å². The van der Waals surface area contributed by atoms with Gasteiger partial charge in [0.2, 0.25) is 5.13 Å². The maximum Gasteiger partial charge on any atom is 0.301 e. The summed E-state index contributed by atoms with van der Waals surface area (Å²) < 4.78 is 12.3. The predicted octanol–water partition coefficient (Wildman–Crippen LogP) is 8.90. The normalized spacial score (nSPS) is 15.5. The summed E-state index contributed by atoms with van der Waals surface area (Å²) in [5, 5.41) is 23.0. The first-order valence-electron chi connectivity index (χ1n) is 16.2. The molecule has 0 spiro atoms. The summed E-state index contributed by atoms with van der Waals surface area (Å²) >= 11 is 2.75. The van der Waals surface area contributed by atoms with Gasteiger partial charge in [0.05, 0.1) is 18.2 Å². The first kappa shape index (κ1) is 33.1. The van der Waals surface area contributed by atoms with E-state index >= 15 is 0 Å². The van der Waals surface area contributed by atoms with E-state index in [9.17, 15) is 14.7 Å². The van der Waals surface area contributed by atoms with E-state index in [4.69, 9.17) is 9.47 Å². The molecule has 1 N–H and O–H groups in total. The number of carbonyl (C=O) groups excluding carboxylic acids is 2. The van der Waals surface area contributed by atoms with Gasteiger partial charge in [-0.3, -0.25) is 14.5 Å². The zero-order valence-corrected chi connectivity index (χ0v) is 29.0. The summed E-state index contributed by atoms with van der Waals surface area (Å²) in [5.74, 6) is 0.0344. The lowest BCUT2D eigenvalue weighted by atomic mass is 9.95. The van der Waals surface area contributed by atoms with Gasteiger partial charge in [-0.2, -0.15) is 0 Å². The van der Waals surface area contributed by atoms with Gasteiger partial charge >= 0.3 is 5.91 Å². The third-order valence-electron chi connectivity index (χ3n) is 8.57. The Kier molecular flexibility index (Phi) is 9.64. The molecule has 1 aromatic heterocycles. The monoisotopic (exact) mass is 699 g/mol. The van der Waals surface area contributed by atoms with E-state index in [1.54, 1.807) is 48.5 Å². The number of carbonyl (C=O) groups is 2. The van der Waals surface area contributed by atoms with Crippen molar-refractivity contribution >= 4 is 56.5 Å². The van der Waals surface area contributed by atoms with Crippen molar-refractivity contribution < 1.29 is 24.2 Å². The summed E-state index contributed by atoms with van der Waals surface area (Å²) in [6.07, 6.45) is 0. The van der Waals surface area contributed by atoms with Crippen LogP contribution in [0.25, 0.3) is 16.5 Å².